The van der Waals surface area contributed by atoms with Crippen molar-refractivity contribution in [1.82, 2.24) is 15.2 Å². The van der Waals surface area contributed by atoms with Gasteiger partial charge in [-0.2, -0.15) is 0 Å². The van der Waals surface area contributed by atoms with E-state index in [-0.39, 0.29) is 17.8 Å². The van der Waals surface area contributed by atoms with Gasteiger partial charge in [-0.15, -0.1) is 0 Å². The standard InChI is InChI=1S/C28H32FN3O/c1-21(2)31-27(33)28(13-16-32(17-14-28)20-23-6-5-15-30-19-23)18-22-9-11-24(12-10-22)25-7-3-4-8-26(25)29/h3-12,15,19,21H,13-14,16-18,20H2,1-2H3,(H,31,33). The van der Waals surface area contributed by atoms with E-state index in [4.69, 9.17) is 0 Å². The number of aromatic nitrogens is 1. The molecule has 1 saturated heterocycles. The normalized spacial score (nSPS) is 16.0. The van der Waals surface area contributed by atoms with E-state index in [0.717, 1.165) is 43.6 Å². The first-order valence-electron chi connectivity index (χ1n) is 11.7. The first-order chi connectivity index (χ1) is 15.9. The van der Waals surface area contributed by atoms with Crippen LogP contribution in [0.5, 0.6) is 0 Å². The fraction of sp³-hybridized carbons (Fsp3) is 0.357. The van der Waals surface area contributed by atoms with Crippen LogP contribution >= 0.6 is 0 Å². The van der Waals surface area contributed by atoms with Gasteiger partial charge < -0.3 is 5.32 Å². The monoisotopic (exact) mass is 445 g/mol. The van der Waals surface area contributed by atoms with Crippen LogP contribution in [0.15, 0.2) is 73.1 Å². The second-order valence-corrected chi connectivity index (χ2v) is 9.40. The fourth-order valence-corrected chi connectivity index (χ4v) is 4.68. The predicted molar refractivity (Wildman–Crippen MR) is 130 cm³/mol. The maximum Gasteiger partial charge on any atom is 0.226 e. The number of amides is 1. The highest BCUT2D eigenvalue weighted by Crippen LogP contribution is 2.37. The van der Waals surface area contributed by atoms with E-state index in [9.17, 15) is 9.18 Å². The molecule has 2 aromatic carbocycles. The largest absolute Gasteiger partial charge is 0.353 e. The number of halogens is 1. The molecule has 1 N–H and O–H groups in total. The van der Waals surface area contributed by atoms with Crippen LogP contribution in [-0.2, 0) is 17.8 Å². The summed E-state index contributed by atoms with van der Waals surface area (Å²) >= 11 is 0. The molecule has 0 saturated carbocycles. The Kier molecular flexibility index (Phi) is 7.19. The molecule has 1 aliphatic heterocycles. The van der Waals surface area contributed by atoms with E-state index in [1.807, 2.05) is 56.4 Å². The van der Waals surface area contributed by atoms with Crippen molar-refractivity contribution in [1.29, 1.82) is 0 Å². The van der Waals surface area contributed by atoms with E-state index in [2.05, 4.69) is 21.3 Å². The molecule has 2 heterocycles. The number of rotatable bonds is 7. The number of hydrogen-bond donors (Lipinski definition) is 1. The maximum atomic E-state index is 14.2. The van der Waals surface area contributed by atoms with Crippen LogP contribution < -0.4 is 5.32 Å². The molecule has 3 aromatic rings. The molecule has 1 aromatic heterocycles. The SMILES string of the molecule is CC(C)NC(=O)C1(Cc2ccc(-c3ccccc3F)cc2)CCN(Cc2cccnc2)CC1. The summed E-state index contributed by atoms with van der Waals surface area (Å²) in [5, 5.41) is 3.17. The number of nitrogens with zero attached hydrogens (tertiary/aromatic N) is 2. The zero-order valence-corrected chi connectivity index (χ0v) is 19.4. The van der Waals surface area contributed by atoms with Crippen LogP contribution in [0, 0.1) is 11.2 Å². The van der Waals surface area contributed by atoms with Crippen molar-refractivity contribution in [3.05, 3.63) is 90.0 Å². The summed E-state index contributed by atoms with van der Waals surface area (Å²) in [6.07, 6.45) is 5.99. The van der Waals surface area contributed by atoms with Crippen LogP contribution in [0.25, 0.3) is 11.1 Å². The van der Waals surface area contributed by atoms with Crippen LogP contribution in [0.1, 0.15) is 37.8 Å². The topological polar surface area (TPSA) is 45.2 Å². The molecule has 0 aliphatic carbocycles. The molecule has 0 radical (unpaired) electrons. The van der Waals surface area contributed by atoms with Gasteiger partial charge >= 0.3 is 0 Å². The Labute approximate surface area is 195 Å². The predicted octanol–water partition coefficient (Wildman–Crippen LogP) is 5.24. The Morgan fingerprint density at radius 3 is 2.39 bits per heavy atom. The van der Waals surface area contributed by atoms with Crippen molar-refractivity contribution in [2.45, 2.75) is 45.7 Å². The number of pyridine rings is 1. The molecule has 172 valence electrons. The van der Waals surface area contributed by atoms with Crippen LogP contribution in [0.2, 0.25) is 0 Å². The second kappa shape index (κ2) is 10.3. The minimum atomic E-state index is -0.435. The zero-order valence-electron chi connectivity index (χ0n) is 19.4. The van der Waals surface area contributed by atoms with Crippen molar-refractivity contribution in [3.63, 3.8) is 0 Å². The van der Waals surface area contributed by atoms with Crippen molar-refractivity contribution in [2.75, 3.05) is 13.1 Å². The Morgan fingerprint density at radius 1 is 1.03 bits per heavy atom. The summed E-state index contributed by atoms with van der Waals surface area (Å²) in [7, 11) is 0. The van der Waals surface area contributed by atoms with E-state index in [1.54, 1.807) is 18.3 Å². The molecule has 4 nitrogen and oxygen atoms in total. The second-order valence-electron chi connectivity index (χ2n) is 9.40. The summed E-state index contributed by atoms with van der Waals surface area (Å²) in [5.74, 6) is -0.0873. The fourth-order valence-electron chi connectivity index (χ4n) is 4.68. The van der Waals surface area contributed by atoms with E-state index < -0.39 is 5.41 Å². The van der Waals surface area contributed by atoms with Crippen LogP contribution in [0.3, 0.4) is 0 Å². The Morgan fingerprint density at radius 2 is 1.76 bits per heavy atom. The Bertz CT molecular complexity index is 1060. The molecule has 1 aliphatic rings. The van der Waals surface area contributed by atoms with Gasteiger partial charge in [0.2, 0.25) is 5.91 Å². The third kappa shape index (κ3) is 5.66. The van der Waals surface area contributed by atoms with Gasteiger partial charge in [0.05, 0.1) is 5.41 Å². The summed E-state index contributed by atoms with van der Waals surface area (Å²) in [6, 6.07) is 19.0. The van der Waals surface area contributed by atoms with Gasteiger partial charge in [0, 0.05) is 30.5 Å². The minimum absolute atomic E-state index is 0.103. The van der Waals surface area contributed by atoms with Crippen LogP contribution in [0.4, 0.5) is 4.39 Å². The van der Waals surface area contributed by atoms with Gasteiger partial charge in [-0.3, -0.25) is 14.7 Å². The number of carbonyl (C=O) groups excluding carboxylic acids is 1. The molecule has 1 amide bonds. The quantitative estimate of drug-likeness (QED) is 0.541. The highest BCUT2D eigenvalue weighted by molar-refractivity contribution is 5.83. The van der Waals surface area contributed by atoms with Gasteiger partial charge in [0.25, 0.3) is 0 Å². The lowest BCUT2D eigenvalue weighted by molar-refractivity contribution is -0.134. The van der Waals surface area contributed by atoms with Crippen molar-refractivity contribution in [2.24, 2.45) is 5.41 Å². The Hall–Kier alpha value is -3.05. The molecule has 0 bridgehead atoms. The molecule has 5 heteroatoms. The summed E-state index contributed by atoms with van der Waals surface area (Å²) in [4.78, 5) is 20.0. The highest BCUT2D eigenvalue weighted by Gasteiger charge is 2.41. The first-order valence-corrected chi connectivity index (χ1v) is 11.7. The first kappa shape index (κ1) is 23.1. The molecule has 4 rings (SSSR count). The number of piperidine rings is 1. The Balaban J connectivity index is 1.49. The zero-order chi connectivity index (χ0) is 23.3. The lowest BCUT2D eigenvalue weighted by Gasteiger charge is -2.41. The molecule has 0 spiro atoms. The van der Waals surface area contributed by atoms with Crippen LogP contribution in [-0.4, -0.2) is 34.9 Å². The molecular weight excluding hydrogens is 413 g/mol. The van der Waals surface area contributed by atoms with Gasteiger partial charge in [-0.25, -0.2) is 4.39 Å². The summed E-state index contributed by atoms with van der Waals surface area (Å²) in [5.41, 5.74) is 3.31. The van der Waals surface area contributed by atoms with Crippen molar-refractivity contribution >= 4 is 5.91 Å². The number of benzene rings is 2. The third-order valence-corrected chi connectivity index (χ3v) is 6.52. The van der Waals surface area contributed by atoms with Gasteiger partial charge in [0.15, 0.2) is 0 Å². The molecule has 33 heavy (non-hydrogen) atoms. The molecular formula is C28H32FN3O. The van der Waals surface area contributed by atoms with E-state index >= 15 is 0 Å². The van der Waals surface area contributed by atoms with Crippen molar-refractivity contribution < 1.29 is 9.18 Å². The molecule has 0 atom stereocenters. The number of nitrogens with one attached hydrogen (secondary N) is 1. The lowest BCUT2D eigenvalue weighted by Crippen LogP contribution is -2.51. The average Bonchev–Trinajstić information content (AvgIpc) is 2.82. The minimum Gasteiger partial charge on any atom is -0.353 e. The smallest absolute Gasteiger partial charge is 0.226 e. The van der Waals surface area contributed by atoms with Gasteiger partial charge in [0.1, 0.15) is 5.82 Å². The lowest BCUT2D eigenvalue weighted by atomic mass is 9.72. The van der Waals surface area contributed by atoms with E-state index in [0.29, 0.717) is 12.0 Å². The number of carbonyl (C=O) groups is 1. The average molecular weight is 446 g/mol. The summed E-state index contributed by atoms with van der Waals surface area (Å²) < 4.78 is 14.2. The number of hydrogen-bond acceptors (Lipinski definition) is 3. The molecule has 1 fully saturated rings. The maximum absolute atomic E-state index is 14.2. The van der Waals surface area contributed by atoms with Crippen molar-refractivity contribution in [3.8, 4) is 11.1 Å². The van der Waals surface area contributed by atoms with Gasteiger partial charge in [-0.05, 0) is 75.0 Å². The summed E-state index contributed by atoms with van der Waals surface area (Å²) in [6.45, 7) is 6.60. The third-order valence-electron chi connectivity index (χ3n) is 6.52. The highest BCUT2D eigenvalue weighted by atomic mass is 19.1. The number of likely N-dealkylation sites (tertiary alicyclic amines) is 1. The van der Waals surface area contributed by atoms with E-state index in [1.165, 1.54) is 11.6 Å². The van der Waals surface area contributed by atoms with Gasteiger partial charge in [-0.1, -0.05) is 48.5 Å². The molecule has 0 unspecified atom stereocenters.